The molecule has 2 aromatic rings. The molecule has 0 saturated heterocycles. The summed E-state index contributed by atoms with van der Waals surface area (Å²) in [6.07, 6.45) is 0. The highest BCUT2D eigenvalue weighted by Gasteiger charge is 2.14. The standard InChI is InChI=1S/C10H8INO2S2/c11-8-3-1-4-9(7-8)12-16(13,14)10-5-2-6-15-10/h1-7,12H. The zero-order chi connectivity index (χ0) is 11.6. The molecule has 0 aliphatic heterocycles. The average Bonchev–Trinajstić information content (AvgIpc) is 2.69. The van der Waals surface area contributed by atoms with E-state index in [-0.39, 0.29) is 0 Å². The van der Waals surface area contributed by atoms with E-state index in [1.807, 2.05) is 12.1 Å². The summed E-state index contributed by atoms with van der Waals surface area (Å²) in [6, 6.07) is 10.5. The van der Waals surface area contributed by atoms with Crippen molar-refractivity contribution in [2.75, 3.05) is 4.72 Å². The highest BCUT2D eigenvalue weighted by molar-refractivity contribution is 14.1. The second-order valence-electron chi connectivity index (χ2n) is 3.05. The van der Waals surface area contributed by atoms with Gasteiger partial charge in [0, 0.05) is 9.26 Å². The Morgan fingerprint density at radius 1 is 1.19 bits per heavy atom. The molecule has 0 unspecified atom stereocenters. The predicted octanol–water partition coefficient (Wildman–Crippen LogP) is 3.15. The van der Waals surface area contributed by atoms with Crippen LogP contribution in [-0.2, 0) is 10.0 Å². The lowest BCUT2D eigenvalue weighted by molar-refractivity contribution is 0.603. The minimum atomic E-state index is -3.42. The fraction of sp³-hybridized carbons (Fsp3) is 0. The summed E-state index contributed by atoms with van der Waals surface area (Å²) in [5.41, 5.74) is 0.584. The van der Waals surface area contributed by atoms with Crippen LogP contribution in [0.1, 0.15) is 0 Å². The van der Waals surface area contributed by atoms with Crippen molar-refractivity contribution >= 4 is 49.6 Å². The molecule has 0 radical (unpaired) electrons. The number of halogens is 1. The summed E-state index contributed by atoms with van der Waals surface area (Å²) in [5.74, 6) is 0. The van der Waals surface area contributed by atoms with Gasteiger partial charge in [0.1, 0.15) is 4.21 Å². The maximum atomic E-state index is 11.9. The monoisotopic (exact) mass is 365 g/mol. The van der Waals surface area contributed by atoms with Crippen LogP contribution in [0.2, 0.25) is 0 Å². The van der Waals surface area contributed by atoms with Gasteiger partial charge in [0.25, 0.3) is 10.0 Å². The van der Waals surface area contributed by atoms with Gasteiger partial charge in [-0.3, -0.25) is 4.72 Å². The van der Waals surface area contributed by atoms with Crippen LogP contribution in [0.15, 0.2) is 46.0 Å². The molecule has 2 rings (SSSR count). The summed E-state index contributed by atoms with van der Waals surface area (Å²) >= 11 is 3.34. The van der Waals surface area contributed by atoms with Crippen LogP contribution in [0.4, 0.5) is 5.69 Å². The molecule has 0 atom stereocenters. The highest BCUT2D eigenvalue weighted by Crippen LogP contribution is 2.21. The Morgan fingerprint density at radius 2 is 2.00 bits per heavy atom. The van der Waals surface area contributed by atoms with Crippen molar-refractivity contribution in [3.8, 4) is 0 Å². The first-order valence-corrected chi connectivity index (χ1v) is 7.84. The molecule has 0 fully saturated rings. The molecule has 16 heavy (non-hydrogen) atoms. The summed E-state index contributed by atoms with van der Waals surface area (Å²) in [6.45, 7) is 0. The van der Waals surface area contributed by atoms with Gasteiger partial charge in [-0.15, -0.1) is 11.3 Å². The third kappa shape index (κ3) is 2.74. The second-order valence-corrected chi connectivity index (χ2v) is 7.15. The number of hydrogen-bond acceptors (Lipinski definition) is 3. The SMILES string of the molecule is O=S(=O)(Nc1cccc(I)c1)c1cccs1. The summed E-state index contributed by atoms with van der Waals surface area (Å²) < 4.78 is 27.6. The van der Waals surface area contributed by atoms with Crippen LogP contribution in [0, 0.1) is 3.57 Å². The first-order valence-electron chi connectivity index (χ1n) is 4.40. The molecule has 6 heteroatoms. The molecule has 1 aromatic heterocycles. The fourth-order valence-electron chi connectivity index (χ4n) is 1.17. The predicted molar refractivity (Wildman–Crippen MR) is 74.3 cm³/mol. The number of hydrogen-bond donors (Lipinski definition) is 1. The molecule has 1 heterocycles. The van der Waals surface area contributed by atoms with E-state index in [1.165, 1.54) is 11.3 Å². The van der Waals surface area contributed by atoms with E-state index < -0.39 is 10.0 Å². The Bertz CT molecular complexity index is 579. The lowest BCUT2D eigenvalue weighted by Crippen LogP contribution is -2.11. The first kappa shape index (κ1) is 11.9. The van der Waals surface area contributed by atoms with Crippen LogP contribution in [0.5, 0.6) is 0 Å². The first-order chi connectivity index (χ1) is 7.58. The van der Waals surface area contributed by atoms with E-state index in [0.717, 1.165) is 3.57 Å². The third-order valence-corrected chi connectivity index (χ3v) is 5.29. The highest BCUT2D eigenvalue weighted by atomic mass is 127. The van der Waals surface area contributed by atoms with E-state index >= 15 is 0 Å². The van der Waals surface area contributed by atoms with Crippen molar-refractivity contribution < 1.29 is 8.42 Å². The summed E-state index contributed by atoms with van der Waals surface area (Å²) in [4.78, 5) is 0. The molecule has 0 aliphatic carbocycles. The second kappa shape index (κ2) is 4.72. The Hall–Kier alpha value is -0.600. The van der Waals surface area contributed by atoms with Gasteiger partial charge in [0.15, 0.2) is 0 Å². The molecule has 0 spiro atoms. The van der Waals surface area contributed by atoms with Crippen molar-refractivity contribution in [3.05, 3.63) is 45.3 Å². The number of benzene rings is 1. The van der Waals surface area contributed by atoms with Crippen molar-refractivity contribution in [2.24, 2.45) is 0 Å². The minimum Gasteiger partial charge on any atom is -0.279 e. The van der Waals surface area contributed by atoms with Crippen LogP contribution >= 0.6 is 33.9 Å². The quantitative estimate of drug-likeness (QED) is 0.850. The van der Waals surface area contributed by atoms with E-state index in [2.05, 4.69) is 27.3 Å². The van der Waals surface area contributed by atoms with E-state index in [1.54, 1.807) is 29.6 Å². The zero-order valence-corrected chi connectivity index (χ0v) is 11.8. The number of rotatable bonds is 3. The molecular weight excluding hydrogens is 357 g/mol. The molecule has 3 nitrogen and oxygen atoms in total. The van der Waals surface area contributed by atoms with E-state index in [4.69, 9.17) is 0 Å². The third-order valence-electron chi connectivity index (χ3n) is 1.84. The number of thiophene rings is 1. The zero-order valence-electron chi connectivity index (χ0n) is 8.05. The molecule has 0 amide bonds. The average molecular weight is 365 g/mol. The van der Waals surface area contributed by atoms with E-state index in [0.29, 0.717) is 9.90 Å². The van der Waals surface area contributed by atoms with Gasteiger partial charge < -0.3 is 0 Å². The van der Waals surface area contributed by atoms with Crippen LogP contribution in [-0.4, -0.2) is 8.42 Å². The Balaban J connectivity index is 2.29. The number of anilines is 1. The lowest BCUT2D eigenvalue weighted by atomic mass is 10.3. The van der Waals surface area contributed by atoms with Crippen molar-refractivity contribution in [1.29, 1.82) is 0 Å². The van der Waals surface area contributed by atoms with Gasteiger partial charge >= 0.3 is 0 Å². The maximum Gasteiger partial charge on any atom is 0.271 e. The maximum absolute atomic E-state index is 11.9. The molecular formula is C10H8INO2S2. The van der Waals surface area contributed by atoms with Gasteiger partial charge in [0.05, 0.1) is 0 Å². The molecule has 0 saturated carbocycles. The molecule has 1 aromatic carbocycles. The van der Waals surface area contributed by atoms with Crippen LogP contribution in [0.25, 0.3) is 0 Å². The van der Waals surface area contributed by atoms with Crippen molar-refractivity contribution in [3.63, 3.8) is 0 Å². The Labute approximate surface area is 112 Å². The largest absolute Gasteiger partial charge is 0.279 e. The van der Waals surface area contributed by atoms with Gasteiger partial charge in [0.2, 0.25) is 0 Å². The van der Waals surface area contributed by atoms with Gasteiger partial charge in [-0.05, 0) is 52.2 Å². The normalized spacial score (nSPS) is 11.3. The topological polar surface area (TPSA) is 46.2 Å². The number of nitrogens with one attached hydrogen (secondary N) is 1. The Kier molecular flexibility index (Phi) is 3.50. The number of sulfonamides is 1. The van der Waals surface area contributed by atoms with Crippen molar-refractivity contribution in [2.45, 2.75) is 4.21 Å². The minimum absolute atomic E-state index is 0.325. The van der Waals surface area contributed by atoms with Gasteiger partial charge in [-0.25, -0.2) is 8.42 Å². The summed E-state index contributed by atoms with van der Waals surface area (Å²) in [7, 11) is -3.42. The molecule has 0 bridgehead atoms. The van der Waals surface area contributed by atoms with E-state index in [9.17, 15) is 8.42 Å². The van der Waals surface area contributed by atoms with Crippen LogP contribution < -0.4 is 4.72 Å². The molecule has 1 N–H and O–H groups in total. The lowest BCUT2D eigenvalue weighted by Gasteiger charge is -2.05. The molecule has 84 valence electrons. The summed E-state index contributed by atoms with van der Waals surface area (Å²) in [5, 5.41) is 1.74. The Morgan fingerprint density at radius 3 is 2.62 bits per heavy atom. The smallest absolute Gasteiger partial charge is 0.271 e. The van der Waals surface area contributed by atoms with Crippen LogP contribution in [0.3, 0.4) is 0 Å². The fourth-order valence-corrected chi connectivity index (χ4v) is 3.76. The van der Waals surface area contributed by atoms with Gasteiger partial charge in [-0.1, -0.05) is 12.1 Å². The van der Waals surface area contributed by atoms with Crippen molar-refractivity contribution in [1.82, 2.24) is 0 Å². The van der Waals surface area contributed by atoms with Gasteiger partial charge in [-0.2, -0.15) is 0 Å². The molecule has 0 aliphatic rings.